The predicted octanol–water partition coefficient (Wildman–Crippen LogP) is 3.27. The van der Waals surface area contributed by atoms with Crippen LogP contribution in [-0.4, -0.2) is 30.3 Å². The molecule has 22 heavy (non-hydrogen) atoms. The largest absolute Gasteiger partial charge is 0.508 e. The standard InChI is InChI=1S/C16H13N3O3/c20-8-3-4-11-9(6-8)14(10-7-13(21)19-16(10)22)15(18-11)12-2-1-5-17-12/h1-7,17-22H. The minimum atomic E-state index is -0.130. The zero-order valence-corrected chi connectivity index (χ0v) is 11.4. The van der Waals surface area contributed by atoms with Crippen molar-refractivity contribution in [1.82, 2.24) is 15.0 Å². The number of phenols is 1. The Morgan fingerprint density at radius 2 is 1.77 bits per heavy atom. The van der Waals surface area contributed by atoms with E-state index in [1.54, 1.807) is 24.4 Å². The molecular formula is C16H13N3O3. The lowest BCUT2D eigenvalue weighted by molar-refractivity contribution is 0.426. The molecule has 0 radical (unpaired) electrons. The molecule has 0 spiro atoms. The van der Waals surface area contributed by atoms with Crippen LogP contribution in [0.3, 0.4) is 0 Å². The van der Waals surface area contributed by atoms with Crippen molar-refractivity contribution in [1.29, 1.82) is 0 Å². The van der Waals surface area contributed by atoms with Gasteiger partial charge in [-0.2, -0.15) is 0 Å². The van der Waals surface area contributed by atoms with E-state index in [0.717, 1.165) is 22.3 Å². The van der Waals surface area contributed by atoms with Gasteiger partial charge in [-0.3, -0.25) is 4.98 Å². The molecule has 6 heteroatoms. The third kappa shape index (κ3) is 1.74. The minimum Gasteiger partial charge on any atom is -0.508 e. The zero-order chi connectivity index (χ0) is 15.3. The second kappa shape index (κ2) is 4.36. The molecule has 0 unspecified atom stereocenters. The van der Waals surface area contributed by atoms with Crippen LogP contribution in [0.4, 0.5) is 0 Å². The molecule has 0 fully saturated rings. The Balaban J connectivity index is 2.11. The maximum Gasteiger partial charge on any atom is 0.199 e. The van der Waals surface area contributed by atoms with Gasteiger partial charge in [0.15, 0.2) is 11.8 Å². The molecule has 110 valence electrons. The van der Waals surface area contributed by atoms with E-state index in [1.165, 1.54) is 6.07 Å². The zero-order valence-electron chi connectivity index (χ0n) is 11.4. The number of benzene rings is 1. The van der Waals surface area contributed by atoms with E-state index in [4.69, 9.17) is 0 Å². The average molecular weight is 295 g/mol. The first-order valence-electron chi connectivity index (χ1n) is 6.73. The number of aromatic hydroxyl groups is 3. The van der Waals surface area contributed by atoms with Crippen molar-refractivity contribution in [2.24, 2.45) is 0 Å². The van der Waals surface area contributed by atoms with Crippen LogP contribution in [0.2, 0.25) is 0 Å². The van der Waals surface area contributed by atoms with Gasteiger partial charge >= 0.3 is 0 Å². The van der Waals surface area contributed by atoms with Gasteiger partial charge in [0.1, 0.15) is 5.75 Å². The van der Waals surface area contributed by atoms with Crippen molar-refractivity contribution in [3.05, 3.63) is 42.6 Å². The van der Waals surface area contributed by atoms with Crippen LogP contribution in [-0.2, 0) is 0 Å². The third-order valence-electron chi connectivity index (χ3n) is 3.70. The van der Waals surface area contributed by atoms with Crippen LogP contribution < -0.4 is 0 Å². The summed E-state index contributed by atoms with van der Waals surface area (Å²) < 4.78 is 0. The van der Waals surface area contributed by atoms with E-state index in [1.807, 2.05) is 12.1 Å². The van der Waals surface area contributed by atoms with Gasteiger partial charge in [-0.05, 0) is 30.3 Å². The molecule has 0 saturated carbocycles. The number of aromatic nitrogens is 3. The maximum absolute atomic E-state index is 10.1. The predicted molar refractivity (Wildman–Crippen MR) is 82.9 cm³/mol. The molecule has 1 aromatic carbocycles. The van der Waals surface area contributed by atoms with Gasteiger partial charge in [0, 0.05) is 34.3 Å². The summed E-state index contributed by atoms with van der Waals surface area (Å²) in [6.07, 6.45) is 1.80. The molecule has 0 amide bonds. The van der Waals surface area contributed by atoms with Crippen LogP contribution in [0, 0.1) is 0 Å². The number of H-pyrrole nitrogens is 3. The third-order valence-corrected chi connectivity index (χ3v) is 3.70. The Bertz CT molecular complexity index is 964. The second-order valence-electron chi connectivity index (χ2n) is 5.11. The summed E-state index contributed by atoms with van der Waals surface area (Å²) >= 11 is 0. The minimum absolute atomic E-state index is 0.126. The molecular weight excluding hydrogens is 282 g/mol. The van der Waals surface area contributed by atoms with Gasteiger partial charge in [-0.25, -0.2) is 0 Å². The molecule has 0 aliphatic rings. The Morgan fingerprint density at radius 1 is 0.909 bits per heavy atom. The lowest BCUT2D eigenvalue weighted by Crippen LogP contribution is -1.81. The highest BCUT2D eigenvalue weighted by Crippen LogP contribution is 2.43. The molecule has 4 aromatic rings. The molecule has 3 aromatic heterocycles. The van der Waals surface area contributed by atoms with Crippen molar-refractivity contribution >= 4 is 10.9 Å². The van der Waals surface area contributed by atoms with Crippen molar-refractivity contribution in [2.75, 3.05) is 0 Å². The fraction of sp³-hybridized carbons (Fsp3) is 0. The number of hydrogen-bond donors (Lipinski definition) is 6. The summed E-state index contributed by atoms with van der Waals surface area (Å²) in [6.45, 7) is 0. The van der Waals surface area contributed by atoms with Crippen LogP contribution in [0.25, 0.3) is 33.4 Å². The van der Waals surface area contributed by atoms with E-state index in [9.17, 15) is 15.3 Å². The van der Waals surface area contributed by atoms with Crippen LogP contribution in [0.5, 0.6) is 17.5 Å². The Labute approximate surface area is 124 Å². The van der Waals surface area contributed by atoms with E-state index in [-0.39, 0.29) is 17.5 Å². The fourth-order valence-corrected chi connectivity index (χ4v) is 2.77. The Hall–Kier alpha value is -3.28. The highest BCUT2D eigenvalue weighted by atomic mass is 16.3. The monoisotopic (exact) mass is 295 g/mol. The normalized spacial score (nSPS) is 11.3. The summed E-state index contributed by atoms with van der Waals surface area (Å²) in [6, 6.07) is 10.2. The Morgan fingerprint density at radius 3 is 2.45 bits per heavy atom. The Kier molecular flexibility index (Phi) is 2.47. The van der Waals surface area contributed by atoms with Gasteiger partial charge in [-0.1, -0.05) is 0 Å². The SMILES string of the molecule is Oc1ccc2[nH]c(-c3ccc[nH]3)c(-c3cc(O)[nH]c3O)c2c1. The van der Waals surface area contributed by atoms with Crippen molar-refractivity contribution in [3.8, 4) is 40.0 Å². The summed E-state index contributed by atoms with van der Waals surface area (Å²) in [7, 11) is 0. The number of fused-ring (bicyclic) bond motifs is 1. The van der Waals surface area contributed by atoms with Gasteiger partial charge < -0.3 is 25.3 Å². The highest BCUT2D eigenvalue weighted by molar-refractivity contribution is 6.05. The van der Waals surface area contributed by atoms with Gasteiger partial charge in [0.05, 0.1) is 11.4 Å². The number of phenolic OH excluding ortho intramolecular Hbond substituents is 1. The molecule has 4 rings (SSSR count). The lowest BCUT2D eigenvalue weighted by Gasteiger charge is -2.02. The summed E-state index contributed by atoms with van der Waals surface area (Å²) in [4.78, 5) is 8.87. The lowest BCUT2D eigenvalue weighted by atomic mass is 10.0. The number of nitrogens with one attached hydrogen (secondary N) is 3. The molecule has 3 heterocycles. The van der Waals surface area contributed by atoms with Crippen molar-refractivity contribution in [2.45, 2.75) is 0 Å². The van der Waals surface area contributed by atoms with Crippen molar-refractivity contribution < 1.29 is 15.3 Å². The van der Waals surface area contributed by atoms with Gasteiger partial charge in [-0.15, -0.1) is 0 Å². The van der Waals surface area contributed by atoms with Crippen LogP contribution >= 0.6 is 0 Å². The maximum atomic E-state index is 10.1. The summed E-state index contributed by atoms with van der Waals surface area (Å²) in [5.41, 5.74) is 3.57. The number of hydrogen-bond acceptors (Lipinski definition) is 3. The van der Waals surface area contributed by atoms with E-state index in [2.05, 4.69) is 15.0 Å². The molecule has 0 aliphatic heterocycles. The van der Waals surface area contributed by atoms with Crippen LogP contribution in [0.15, 0.2) is 42.6 Å². The molecule has 0 saturated heterocycles. The van der Waals surface area contributed by atoms with Crippen molar-refractivity contribution in [3.63, 3.8) is 0 Å². The number of aromatic amines is 3. The molecule has 0 aliphatic carbocycles. The fourth-order valence-electron chi connectivity index (χ4n) is 2.77. The first kappa shape index (κ1) is 12.5. The van der Waals surface area contributed by atoms with Crippen LogP contribution in [0.1, 0.15) is 0 Å². The quantitative estimate of drug-likeness (QED) is 0.341. The van der Waals surface area contributed by atoms with E-state index in [0.29, 0.717) is 11.1 Å². The summed E-state index contributed by atoms with van der Waals surface area (Å²) in [5.74, 6) is -0.126. The second-order valence-corrected chi connectivity index (χ2v) is 5.11. The van der Waals surface area contributed by atoms with E-state index >= 15 is 0 Å². The molecule has 0 bridgehead atoms. The topological polar surface area (TPSA) is 108 Å². The first-order valence-corrected chi connectivity index (χ1v) is 6.73. The molecule has 6 nitrogen and oxygen atoms in total. The average Bonchev–Trinajstić information content (AvgIpc) is 3.17. The smallest absolute Gasteiger partial charge is 0.199 e. The van der Waals surface area contributed by atoms with Gasteiger partial charge in [0.2, 0.25) is 0 Å². The van der Waals surface area contributed by atoms with Gasteiger partial charge in [0.25, 0.3) is 0 Å². The summed E-state index contributed by atoms with van der Waals surface area (Å²) in [5, 5.41) is 30.2. The molecule has 6 N–H and O–H groups in total. The van der Waals surface area contributed by atoms with E-state index < -0.39 is 0 Å². The highest BCUT2D eigenvalue weighted by Gasteiger charge is 2.20. The molecule has 0 atom stereocenters. The number of rotatable bonds is 2. The first-order chi connectivity index (χ1) is 10.6.